The molecule has 0 saturated carbocycles. The molecule has 30 heavy (non-hydrogen) atoms. The zero-order valence-corrected chi connectivity index (χ0v) is 17.7. The van der Waals surface area contributed by atoms with Gasteiger partial charge >= 0.3 is 0 Å². The van der Waals surface area contributed by atoms with E-state index >= 15 is 0 Å². The second-order valence-electron chi connectivity index (χ2n) is 6.52. The molecule has 4 rings (SSSR count). The quantitative estimate of drug-likeness (QED) is 0.688. The van der Waals surface area contributed by atoms with Gasteiger partial charge in [-0.15, -0.1) is 11.3 Å². The summed E-state index contributed by atoms with van der Waals surface area (Å²) in [5.74, 6) is 0.612. The predicted octanol–water partition coefficient (Wildman–Crippen LogP) is 3.65. The third kappa shape index (κ3) is 4.58. The van der Waals surface area contributed by atoms with Crippen molar-refractivity contribution in [3.8, 4) is 11.5 Å². The standard InChI is InChI=1S/C21H18N2O5S2/c1-13-2-4-15(29-13)5-7-19(24)22-8-9-23-20(25)18(30-21(23)26)11-14-3-6-16-17(10-14)28-12-27-16/h2-7,10-11H,8-9,12H2,1H3,(H,22,24)/b7-5+,18-11-. The van der Waals surface area contributed by atoms with Crippen molar-refractivity contribution in [1.29, 1.82) is 0 Å². The fourth-order valence-corrected chi connectivity index (χ4v) is 4.54. The van der Waals surface area contributed by atoms with Crippen LogP contribution in [0, 0.1) is 6.92 Å². The molecule has 1 N–H and O–H groups in total. The first-order chi connectivity index (χ1) is 14.5. The van der Waals surface area contributed by atoms with Gasteiger partial charge in [0.15, 0.2) is 11.5 Å². The molecule has 0 atom stereocenters. The molecule has 1 saturated heterocycles. The van der Waals surface area contributed by atoms with E-state index in [9.17, 15) is 14.4 Å². The summed E-state index contributed by atoms with van der Waals surface area (Å²) in [4.78, 5) is 40.4. The van der Waals surface area contributed by atoms with Crippen molar-refractivity contribution in [1.82, 2.24) is 10.2 Å². The molecule has 3 amide bonds. The molecule has 1 aromatic carbocycles. The monoisotopic (exact) mass is 442 g/mol. The number of nitrogens with one attached hydrogen (secondary N) is 1. The van der Waals surface area contributed by atoms with E-state index in [1.807, 2.05) is 19.1 Å². The Bertz CT molecular complexity index is 1070. The van der Waals surface area contributed by atoms with Crippen LogP contribution in [-0.4, -0.2) is 41.8 Å². The van der Waals surface area contributed by atoms with Gasteiger partial charge in [-0.25, -0.2) is 0 Å². The van der Waals surface area contributed by atoms with Crippen LogP contribution in [0.2, 0.25) is 0 Å². The molecule has 1 aromatic heterocycles. The van der Waals surface area contributed by atoms with Crippen LogP contribution in [0.4, 0.5) is 4.79 Å². The third-order valence-corrected chi connectivity index (χ3v) is 6.24. The summed E-state index contributed by atoms with van der Waals surface area (Å²) in [6.07, 6.45) is 4.83. The van der Waals surface area contributed by atoms with Gasteiger partial charge < -0.3 is 14.8 Å². The highest BCUT2D eigenvalue weighted by Crippen LogP contribution is 2.36. The lowest BCUT2D eigenvalue weighted by atomic mass is 10.2. The summed E-state index contributed by atoms with van der Waals surface area (Å²) < 4.78 is 10.6. The molecule has 0 unspecified atom stereocenters. The third-order valence-electron chi connectivity index (χ3n) is 4.36. The average Bonchev–Trinajstić information content (AvgIpc) is 3.42. The number of hydrogen-bond acceptors (Lipinski definition) is 7. The fourth-order valence-electron chi connectivity index (χ4n) is 2.90. The minimum Gasteiger partial charge on any atom is -0.454 e. The van der Waals surface area contributed by atoms with Gasteiger partial charge in [-0.2, -0.15) is 0 Å². The van der Waals surface area contributed by atoms with Gasteiger partial charge in [0.2, 0.25) is 12.7 Å². The van der Waals surface area contributed by atoms with Crippen molar-refractivity contribution >= 4 is 52.3 Å². The number of carbonyl (C=O) groups is 3. The summed E-state index contributed by atoms with van der Waals surface area (Å²) in [6.45, 7) is 2.46. The van der Waals surface area contributed by atoms with Crippen molar-refractivity contribution in [2.45, 2.75) is 6.92 Å². The van der Waals surface area contributed by atoms with Crippen LogP contribution in [-0.2, 0) is 9.59 Å². The van der Waals surface area contributed by atoms with E-state index in [1.165, 1.54) is 11.0 Å². The lowest BCUT2D eigenvalue weighted by Crippen LogP contribution is -2.36. The number of carbonyl (C=O) groups excluding carboxylic acids is 3. The lowest BCUT2D eigenvalue weighted by molar-refractivity contribution is -0.123. The Kier molecular flexibility index (Phi) is 5.91. The lowest BCUT2D eigenvalue weighted by Gasteiger charge is -2.12. The summed E-state index contributed by atoms with van der Waals surface area (Å²) in [7, 11) is 0. The number of amides is 3. The maximum absolute atomic E-state index is 12.6. The van der Waals surface area contributed by atoms with Gasteiger partial charge in [-0.05, 0) is 60.7 Å². The molecule has 0 bridgehead atoms. The van der Waals surface area contributed by atoms with Crippen molar-refractivity contribution in [3.05, 3.63) is 56.6 Å². The molecule has 0 radical (unpaired) electrons. The number of imide groups is 1. The fraction of sp³-hybridized carbons (Fsp3) is 0.190. The highest BCUT2D eigenvalue weighted by Gasteiger charge is 2.34. The number of hydrogen-bond donors (Lipinski definition) is 1. The molecule has 154 valence electrons. The Hall–Kier alpha value is -3.04. The van der Waals surface area contributed by atoms with Gasteiger partial charge in [-0.3, -0.25) is 19.3 Å². The van der Waals surface area contributed by atoms with E-state index < -0.39 is 0 Å². The number of fused-ring (bicyclic) bond motifs is 1. The van der Waals surface area contributed by atoms with Gasteiger partial charge in [0.25, 0.3) is 11.1 Å². The van der Waals surface area contributed by atoms with E-state index in [4.69, 9.17) is 9.47 Å². The molecule has 0 aliphatic carbocycles. The summed E-state index contributed by atoms with van der Waals surface area (Å²) in [5, 5.41) is 2.34. The van der Waals surface area contributed by atoms with Crippen molar-refractivity contribution < 1.29 is 23.9 Å². The van der Waals surface area contributed by atoms with Crippen LogP contribution < -0.4 is 14.8 Å². The Balaban J connectivity index is 1.32. The molecule has 2 aromatic rings. The van der Waals surface area contributed by atoms with Crippen molar-refractivity contribution in [2.75, 3.05) is 19.9 Å². The molecule has 3 heterocycles. The van der Waals surface area contributed by atoms with E-state index in [0.717, 1.165) is 27.1 Å². The van der Waals surface area contributed by atoms with Gasteiger partial charge in [0.1, 0.15) is 0 Å². The Morgan fingerprint density at radius 2 is 2.03 bits per heavy atom. The SMILES string of the molecule is Cc1ccc(/C=C/C(=O)NCCN2C(=O)S/C(=C\c3ccc4c(c3)OCO4)C2=O)s1. The number of thiophene rings is 1. The van der Waals surface area contributed by atoms with Crippen molar-refractivity contribution in [2.24, 2.45) is 0 Å². The van der Waals surface area contributed by atoms with E-state index in [2.05, 4.69) is 5.32 Å². The second kappa shape index (κ2) is 8.76. The highest BCUT2D eigenvalue weighted by atomic mass is 32.2. The summed E-state index contributed by atoms with van der Waals surface area (Å²) in [6, 6.07) is 9.25. The second-order valence-corrected chi connectivity index (χ2v) is 8.83. The molecular weight excluding hydrogens is 424 g/mol. The Labute approximate surface area is 181 Å². The number of benzene rings is 1. The van der Waals surface area contributed by atoms with E-state index in [-0.39, 0.29) is 36.9 Å². The molecule has 7 nitrogen and oxygen atoms in total. The number of nitrogens with zero attached hydrogens (tertiary/aromatic N) is 1. The molecular formula is C21H18N2O5S2. The van der Waals surface area contributed by atoms with E-state index in [1.54, 1.807) is 41.7 Å². The van der Waals surface area contributed by atoms with Crippen molar-refractivity contribution in [3.63, 3.8) is 0 Å². The first-order valence-corrected chi connectivity index (χ1v) is 10.8. The smallest absolute Gasteiger partial charge is 0.293 e. The van der Waals surface area contributed by atoms with Gasteiger partial charge in [0, 0.05) is 28.9 Å². The average molecular weight is 443 g/mol. The number of rotatable bonds is 6. The molecule has 2 aliphatic rings. The maximum atomic E-state index is 12.6. The predicted molar refractivity (Wildman–Crippen MR) is 116 cm³/mol. The molecule has 0 spiro atoms. The largest absolute Gasteiger partial charge is 0.454 e. The molecule has 9 heteroatoms. The van der Waals surface area contributed by atoms with E-state index in [0.29, 0.717) is 16.4 Å². The first-order valence-electron chi connectivity index (χ1n) is 9.17. The highest BCUT2D eigenvalue weighted by molar-refractivity contribution is 8.18. The van der Waals surface area contributed by atoms with Crippen LogP contribution in [0.15, 0.2) is 41.3 Å². The normalized spacial score (nSPS) is 16.8. The summed E-state index contributed by atoms with van der Waals surface area (Å²) in [5.41, 5.74) is 0.743. The number of aryl methyl sites for hydroxylation is 1. The molecule has 1 fully saturated rings. The Morgan fingerprint density at radius 1 is 1.20 bits per heavy atom. The van der Waals surface area contributed by atoms with Crippen LogP contribution in [0.5, 0.6) is 11.5 Å². The first kappa shape index (κ1) is 20.2. The Morgan fingerprint density at radius 3 is 2.83 bits per heavy atom. The maximum Gasteiger partial charge on any atom is 0.293 e. The van der Waals surface area contributed by atoms with Crippen LogP contribution >= 0.6 is 23.1 Å². The van der Waals surface area contributed by atoms with Gasteiger partial charge in [0.05, 0.1) is 4.91 Å². The van der Waals surface area contributed by atoms with Crippen LogP contribution in [0.3, 0.4) is 0 Å². The minimum absolute atomic E-state index is 0.112. The zero-order chi connectivity index (χ0) is 21.1. The topological polar surface area (TPSA) is 84.9 Å². The zero-order valence-electron chi connectivity index (χ0n) is 16.0. The minimum atomic E-state index is -0.374. The van der Waals surface area contributed by atoms with Gasteiger partial charge in [-0.1, -0.05) is 6.07 Å². The van der Waals surface area contributed by atoms with Crippen LogP contribution in [0.1, 0.15) is 15.3 Å². The number of ether oxygens (including phenoxy) is 2. The summed E-state index contributed by atoms with van der Waals surface area (Å²) >= 11 is 2.47. The molecule has 2 aliphatic heterocycles. The van der Waals surface area contributed by atoms with Crippen LogP contribution in [0.25, 0.3) is 12.2 Å². The number of thioether (sulfide) groups is 1.